The van der Waals surface area contributed by atoms with Crippen LogP contribution in [0.25, 0.3) is 0 Å². The zero-order chi connectivity index (χ0) is 12.8. The molecule has 1 aliphatic carbocycles. The second-order valence-corrected chi connectivity index (χ2v) is 5.12. The van der Waals surface area contributed by atoms with Gasteiger partial charge in [-0.25, -0.2) is 4.39 Å². The van der Waals surface area contributed by atoms with Crippen molar-refractivity contribution in [2.75, 3.05) is 13.2 Å². The van der Waals surface area contributed by atoms with E-state index in [0.29, 0.717) is 12.6 Å². The molecule has 1 fully saturated rings. The second-order valence-electron chi connectivity index (χ2n) is 5.12. The van der Waals surface area contributed by atoms with Gasteiger partial charge in [0.1, 0.15) is 18.2 Å². The van der Waals surface area contributed by atoms with Gasteiger partial charge in [0.25, 0.3) is 0 Å². The Morgan fingerprint density at radius 2 is 1.94 bits per heavy atom. The van der Waals surface area contributed by atoms with Crippen LogP contribution in [0, 0.1) is 11.7 Å². The maximum absolute atomic E-state index is 12.7. The SMILES string of the molecule is CC1CCCCC1NCCOc1ccc(F)cc1. The van der Waals surface area contributed by atoms with Crippen LogP contribution in [0.4, 0.5) is 4.39 Å². The summed E-state index contributed by atoms with van der Waals surface area (Å²) in [4.78, 5) is 0. The number of hydrogen-bond donors (Lipinski definition) is 1. The summed E-state index contributed by atoms with van der Waals surface area (Å²) in [5.41, 5.74) is 0. The third kappa shape index (κ3) is 3.98. The molecule has 1 aliphatic rings. The molecule has 0 aromatic heterocycles. The number of rotatable bonds is 5. The zero-order valence-electron chi connectivity index (χ0n) is 11.0. The monoisotopic (exact) mass is 251 g/mol. The molecule has 0 radical (unpaired) electrons. The number of nitrogens with one attached hydrogen (secondary N) is 1. The highest BCUT2D eigenvalue weighted by Crippen LogP contribution is 2.23. The quantitative estimate of drug-likeness (QED) is 0.810. The fourth-order valence-electron chi connectivity index (χ4n) is 2.56. The van der Waals surface area contributed by atoms with E-state index in [-0.39, 0.29) is 5.82 Å². The Bertz CT molecular complexity index is 352. The highest BCUT2D eigenvalue weighted by atomic mass is 19.1. The minimum absolute atomic E-state index is 0.225. The predicted molar refractivity (Wildman–Crippen MR) is 71.3 cm³/mol. The van der Waals surface area contributed by atoms with Crippen molar-refractivity contribution >= 4 is 0 Å². The minimum Gasteiger partial charge on any atom is -0.492 e. The van der Waals surface area contributed by atoms with Gasteiger partial charge in [-0.3, -0.25) is 0 Å². The molecule has 2 atom stereocenters. The Morgan fingerprint density at radius 1 is 1.22 bits per heavy atom. The number of hydrogen-bond acceptors (Lipinski definition) is 2. The highest BCUT2D eigenvalue weighted by molar-refractivity contribution is 5.21. The molecule has 0 heterocycles. The summed E-state index contributed by atoms with van der Waals surface area (Å²) < 4.78 is 18.3. The van der Waals surface area contributed by atoms with Gasteiger partial charge < -0.3 is 10.1 Å². The fourth-order valence-corrected chi connectivity index (χ4v) is 2.56. The van der Waals surface area contributed by atoms with E-state index in [1.54, 1.807) is 12.1 Å². The first-order valence-electron chi connectivity index (χ1n) is 6.87. The first-order chi connectivity index (χ1) is 8.75. The molecule has 1 aromatic rings. The molecule has 0 amide bonds. The molecule has 0 saturated heterocycles. The topological polar surface area (TPSA) is 21.3 Å². The smallest absolute Gasteiger partial charge is 0.123 e. The Kier molecular flexibility index (Phi) is 5.00. The van der Waals surface area contributed by atoms with Crippen molar-refractivity contribution in [2.45, 2.75) is 38.6 Å². The van der Waals surface area contributed by atoms with E-state index in [0.717, 1.165) is 18.2 Å². The summed E-state index contributed by atoms with van der Waals surface area (Å²) in [7, 11) is 0. The van der Waals surface area contributed by atoms with Crippen molar-refractivity contribution in [1.82, 2.24) is 5.32 Å². The van der Waals surface area contributed by atoms with Crippen LogP contribution in [0.5, 0.6) is 5.75 Å². The van der Waals surface area contributed by atoms with Crippen LogP contribution in [-0.4, -0.2) is 19.2 Å². The number of ether oxygens (including phenoxy) is 1. The molecule has 18 heavy (non-hydrogen) atoms. The molecule has 3 heteroatoms. The van der Waals surface area contributed by atoms with E-state index in [1.165, 1.54) is 37.8 Å². The van der Waals surface area contributed by atoms with E-state index in [2.05, 4.69) is 12.2 Å². The van der Waals surface area contributed by atoms with E-state index in [1.807, 2.05) is 0 Å². The van der Waals surface area contributed by atoms with Crippen LogP contribution in [0.3, 0.4) is 0 Å². The number of halogens is 1. The van der Waals surface area contributed by atoms with Gasteiger partial charge >= 0.3 is 0 Å². The summed E-state index contributed by atoms with van der Waals surface area (Å²) in [6.07, 6.45) is 5.31. The van der Waals surface area contributed by atoms with Crippen molar-refractivity contribution in [3.05, 3.63) is 30.1 Å². The van der Waals surface area contributed by atoms with E-state index < -0.39 is 0 Å². The molecule has 1 saturated carbocycles. The molecule has 2 unspecified atom stereocenters. The van der Waals surface area contributed by atoms with Crippen LogP contribution in [0.15, 0.2) is 24.3 Å². The lowest BCUT2D eigenvalue weighted by molar-refractivity contribution is 0.251. The van der Waals surface area contributed by atoms with Gasteiger partial charge in [-0.05, 0) is 43.0 Å². The first-order valence-corrected chi connectivity index (χ1v) is 6.87. The standard InChI is InChI=1S/C15H22FNO/c1-12-4-2-3-5-15(12)17-10-11-18-14-8-6-13(16)7-9-14/h6-9,12,15,17H,2-5,10-11H2,1H3. The molecule has 0 aliphatic heterocycles. The molecule has 0 bridgehead atoms. The van der Waals surface area contributed by atoms with Gasteiger partial charge in [-0.2, -0.15) is 0 Å². The van der Waals surface area contributed by atoms with Crippen molar-refractivity contribution in [2.24, 2.45) is 5.92 Å². The average molecular weight is 251 g/mol. The minimum atomic E-state index is -0.225. The lowest BCUT2D eigenvalue weighted by Crippen LogP contribution is -2.39. The molecule has 1 aromatic carbocycles. The highest BCUT2D eigenvalue weighted by Gasteiger charge is 2.19. The van der Waals surface area contributed by atoms with Crippen LogP contribution in [-0.2, 0) is 0 Å². The van der Waals surface area contributed by atoms with Gasteiger partial charge in [-0.15, -0.1) is 0 Å². The van der Waals surface area contributed by atoms with E-state index >= 15 is 0 Å². The van der Waals surface area contributed by atoms with Crippen LogP contribution in [0.1, 0.15) is 32.6 Å². The summed E-state index contributed by atoms with van der Waals surface area (Å²) in [6, 6.07) is 6.81. The molecule has 100 valence electrons. The Labute approximate surface area is 109 Å². The Morgan fingerprint density at radius 3 is 2.67 bits per heavy atom. The maximum Gasteiger partial charge on any atom is 0.123 e. The Hall–Kier alpha value is -1.09. The normalized spacial score (nSPS) is 23.9. The van der Waals surface area contributed by atoms with Crippen molar-refractivity contribution in [3.8, 4) is 5.75 Å². The summed E-state index contributed by atoms with van der Waals surface area (Å²) in [5.74, 6) is 1.27. The average Bonchev–Trinajstić information content (AvgIpc) is 2.39. The molecule has 0 spiro atoms. The molecule has 1 N–H and O–H groups in total. The van der Waals surface area contributed by atoms with E-state index in [9.17, 15) is 4.39 Å². The van der Waals surface area contributed by atoms with Crippen molar-refractivity contribution in [3.63, 3.8) is 0 Å². The van der Waals surface area contributed by atoms with Crippen LogP contribution < -0.4 is 10.1 Å². The fraction of sp³-hybridized carbons (Fsp3) is 0.600. The van der Waals surface area contributed by atoms with Crippen molar-refractivity contribution < 1.29 is 9.13 Å². The molecule has 2 nitrogen and oxygen atoms in total. The third-order valence-corrected chi connectivity index (χ3v) is 3.70. The number of benzene rings is 1. The summed E-state index contributed by atoms with van der Waals surface area (Å²) in [6.45, 7) is 3.80. The summed E-state index contributed by atoms with van der Waals surface area (Å²) in [5, 5.41) is 3.55. The molecular formula is C15H22FNO. The van der Waals surface area contributed by atoms with Gasteiger partial charge in [0.2, 0.25) is 0 Å². The molecular weight excluding hydrogens is 229 g/mol. The third-order valence-electron chi connectivity index (χ3n) is 3.70. The second kappa shape index (κ2) is 6.74. The lowest BCUT2D eigenvalue weighted by Gasteiger charge is -2.29. The van der Waals surface area contributed by atoms with Gasteiger partial charge in [0, 0.05) is 12.6 Å². The van der Waals surface area contributed by atoms with E-state index in [4.69, 9.17) is 4.74 Å². The first kappa shape index (κ1) is 13.3. The lowest BCUT2D eigenvalue weighted by atomic mass is 9.86. The predicted octanol–water partition coefficient (Wildman–Crippen LogP) is 3.37. The van der Waals surface area contributed by atoms with Crippen LogP contribution in [0.2, 0.25) is 0 Å². The largest absolute Gasteiger partial charge is 0.492 e. The van der Waals surface area contributed by atoms with Gasteiger partial charge in [0.15, 0.2) is 0 Å². The van der Waals surface area contributed by atoms with Gasteiger partial charge in [0.05, 0.1) is 0 Å². The maximum atomic E-state index is 12.7. The Balaban J connectivity index is 1.65. The van der Waals surface area contributed by atoms with Crippen LogP contribution >= 0.6 is 0 Å². The van der Waals surface area contributed by atoms with Crippen molar-refractivity contribution in [1.29, 1.82) is 0 Å². The summed E-state index contributed by atoms with van der Waals surface area (Å²) >= 11 is 0. The molecule has 2 rings (SSSR count). The zero-order valence-corrected chi connectivity index (χ0v) is 11.0. The van der Waals surface area contributed by atoms with Gasteiger partial charge in [-0.1, -0.05) is 19.8 Å².